The molecule has 1 aliphatic rings. The quantitative estimate of drug-likeness (QED) is 0.645. The summed E-state index contributed by atoms with van der Waals surface area (Å²) >= 11 is 0. The van der Waals surface area contributed by atoms with Crippen molar-refractivity contribution in [2.75, 3.05) is 11.9 Å². The number of benzene rings is 1. The minimum atomic E-state index is -0.443. The molecule has 1 aromatic carbocycles. The number of aryl methyl sites for hydroxylation is 1. The second-order valence-electron chi connectivity index (χ2n) is 4.75. The normalized spacial score (nSPS) is 18.9. The Labute approximate surface area is 111 Å². The van der Waals surface area contributed by atoms with E-state index in [4.69, 9.17) is 0 Å². The van der Waals surface area contributed by atoms with Gasteiger partial charge in [-0.2, -0.15) is 0 Å². The highest BCUT2D eigenvalue weighted by Gasteiger charge is 2.21. The summed E-state index contributed by atoms with van der Waals surface area (Å²) < 4.78 is 0. The molecular weight excluding hydrogens is 246 g/mol. The van der Waals surface area contributed by atoms with E-state index in [2.05, 4.69) is 10.6 Å². The fraction of sp³-hybridized carbons (Fsp3) is 0.462. The first kappa shape index (κ1) is 13.5. The number of nitrogens with zero attached hydrogens (tertiary/aromatic N) is 1. The van der Waals surface area contributed by atoms with E-state index >= 15 is 0 Å². The molecule has 6 nitrogen and oxygen atoms in total. The number of nitro groups is 1. The Bertz CT molecular complexity index is 496. The van der Waals surface area contributed by atoms with Crippen LogP contribution in [-0.2, 0) is 4.79 Å². The Morgan fingerprint density at radius 2 is 2.26 bits per heavy atom. The molecule has 6 heteroatoms. The predicted octanol–water partition coefficient (Wildman–Crippen LogP) is 1.98. The predicted molar refractivity (Wildman–Crippen MR) is 72.1 cm³/mol. The van der Waals surface area contributed by atoms with Gasteiger partial charge >= 0.3 is 0 Å². The van der Waals surface area contributed by atoms with Crippen molar-refractivity contribution < 1.29 is 9.72 Å². The number of carbonyl (C=O) groups excluding carboxylic acids is 1. The van der Waals surface area contributed by atoms with Gasteiger partial charge in [0.1, 0.15) is 0 Å². The van der Waals surface area contributed by atoms with Crippen LogP contribution in [0.3, 0.4) is 0 Å². The Morgan fingerprint density at radius 3 is 2.84 bits per heavy atom. The second-order valence-corrected chi connectivity index (χ2v) is 4.75. The van der Waals surface area contributed by atoms with Gasteiger partial charge in [0.2, 0.25) is 5.91 Å². The number of piperidine rings is 1. The zero-order valence-electron chi connectivity index (χ0n) is 10.8. The van der Waals surface area contributed by atoms with E-state index in [-0.39, 0.29) is 17.6 Å². The Kier molecular flexibility index (Phi) is 4.11. The third-order valence-corrected chi connectivity index (χ3v) is 3.31. The van der Waals surface area contributed by atoms with Crippen molar-refractivity contribution in [3.05, 3.63) is 33.9 Å². The molecule has 1 saturated heterocycles. The number of hydrogen-bond donors (Lipinski definition) is 2. The molecule has 0 aromatic heterocycles. The molecule has 1 aliphatic heterocycles. The number of hydrogen-bond acceptors (Lipinski definition) is 4. The lowest BCUT2D eigenvalue weighted by Crippen LogP contribution is -2.43. The fourth-order valence-corrected chi connectivity index (χ4v) is 2.20. The van der Waals surface area contributed by atoms with Crippen LogP contribution in [0.5, 0.6) is 0 Å². The molecule has 0 bridgehead atoms. The number of rotatable bonds is 3. The summed E-state index contributed by atoms with van der Waals surface area (Å²) in [6.45, 7) is 2.61. The molecule has 0 saturated carbocycles. The standard InChI is InChI=1S/C13H17N3O3/c1-9-8-10(16(18)19)5-6-11(9)15-13(17)12-4-2-3-7-14-12/h5-6,8,12,14H,2-4,7H2,1H3,(H,15,17). The summed E-state index contributed by atoms with van der Waals surface area (Å²) in [6.07, 6.45) is 2.97. The smallest absolute Gasteiger partial charge is 0.269 e. The highest BCUT2D eigenvalue weighted by atomic mass is 16.6. The van der Waals surface area contributed by atoms with Crippen LogP contribution in [0.25, 0.3) is 0 Å². The summed E-state index contributed by atoms with van der Waals surface area (Å²) in [7, 11) is 0. The second kappa shape index (κ2) is 5.79. The van der Waals surface area contributed by atoms with Crippen LogP contribution in [0.1, 0.15) is 24.8 Å². The first-order valence-electron chi connectivity index (χ1n) is 6.37. The molecule has 1 fully saturated rings. The van der Waals surface area contributed by atoms with E-state index in [1.807, 2.05) is 0 Å². The van der Waals surface area contributed by atoms with Gasteiger partial charge < -0.3 is 10.6 Å². The van der Waals surface area contributed by atoms with Gasteiger partial charge in [0.05, 0.1) is 11.0 Å². The monoisotopic (exact) mass is 263 g/mol. The van der Waals surface area contributed by atoms with Gasteiger partial charge in [-0.05, 0) is 37.9 Å². The van der Waals surface area contributed by atoms with Crippen molar-refractivity contribution in [1.82, 2.24) is 5.32 Å². The number of amides is 1. The number of non-ortho nitro benzene ring substituents is 1. The number of carbonyl (C=O) groups is 1. The van der Waals surface area contributed by atoms with Gasteiger partial charge in [0, 0.05) is 17.8 Å². The van der Waals surface area contributed by atoms with Gasteiger partial charge in [0.25, 0.3) is 5.69 Å². The van der Waals surface area contributed by atoms with Gasteiger partial charge in [-0.25, -0.2) is 0 Å². The minimum Gasteiger partial charge on any atom is -0.324 e. The Hall–Kier alpha value is -1.95. The topological polar surface area (TPSA) is 84.3 Å². The zero-order chi connectivity index (χ0) is 13.8. The highest BCUT2D eigenvalue weighted by molar-refractivity contribution is 5.95. The van der Waals surface area contributed by atoms with Crippen LogP contribution in [0.2, 0.25) is 0 Å². The molecule has 0 radical (unpaired) electrons. The third-order valence-electron chi connectivity index (χ3n) is 3.31. The van der Waals surface area contributed by atoms with Crippen molar-refractivity contribution in [2.24, 2.45) is 0 Å². The van der Waals surface area contributed by atoms with Gasteiger partial charge in [-0.15, -0.1) is 0 Å². The molecular formula is C13H17N3O3. The average Bonchev–Trinajstić information content (AvgIpc) is 2.41. The van der Waals surface area contributed by atoms with E-state index in [1.165, 1.54) is 12.1 Å². The largest absolute Gasteiger partial charge is 0.324 e. The number of nitro benzene ring substituents is 1. The first-order valence-corrected chi connectivity index (χ1v) is 6.37. The van der Waals surface area contributed by atoms with Crippen molar-refractivity contribution >= 4 is 17.3 Å². The maximum absolute atomic E-state index is 12.0. The molecule has 2 N–H and O–H groups in total. The van der Waals surface area contributed by atoms with Gasteiger partial charge in [-0.3, -0.25) is 14.9 Å². The van der Waals surface area contributed by atoms with Crippen molar-refractivity contribution in [3.63, 3.8) is 0 Å². The lowest BCUT2D eigenvalue weighted by Gasteiger charge is -2.22. The van der Waals surface area contributed by atoms with Crippen LogP contribution in [0.15, 0.2) is 18.2 Å². The average molecular weight is 263 g/mol. The molecule has 0 spiro atoms. The lowest BCUT2D eigenvalue weighted by atomic mass is 10.0. The minimum absolute atomic E-state index is 0.0336. The van der Waals surface area contributed by atoms with Crippen molar-refractivity contribution in [2.45, 2.75) is 32.2 Å². The fourth-order valence-electron chi connectivity index (χ4n) is 2.20. The molecule has 0 aliphatic carbocycles. The first-order chi connectivity index (χ1) is 9.08. The van der Waals surface area contributed by atoms with Crippen LogP contribution in [-0.4, -0.2) is 23.4 Å². The van der Waals surface area contributed by atoms with E-state index in [9.17, 15) is 14.9 Å². The van der Waals surface area contributed by atoms with Gasteiger partial charge in [0.15, 0.2) is 0 Å². The summed E-state index contributed by atoms with van der Waals surface area (Å²) in [6, 6.07) is 4.28. The Morgan fingerprint density at radius 1 is 1.47 bits per heavy atom. The van der Waals surface area contributed by atoms with Gasteiger partial charge in [-0.1, -0.05) is 6.42 Å². The van der Waals surface area contributed by atoms with Crippen LogP contribution in [0, 0.1) is 17.0 Å². The maximum Gasteiger partial charge on any atom is 0.269 e. The van der Waals surface area contributed by atoms with E-state index < -0.39 is 4.92 Å². The molecule has 1 amide bonds. The summed E-state index contributed by atoms with van der Waals surface area (Å²) in [4.78, 5) is 22.2. The SMILES string of the molecule is Cc1cc([N+](=O)[O-])ccc1NC(=O)C1CCCCN1. The number of anilines is 1. The van der Waals surface area contributed by atoms with Crippen LogP contribution in [0.4, 0.5) is 11.4 Å². The molecule has 19 heavy (non-hydrogen) atoms. The number of nitrogens with one attached hydrogen (secondary N) is 2. The molecule has 1 unspecified atom stereocenters. The molecule has 1 aromatic rings. The van der Waals surface area contributed by atoms with E-state index in [0.717, 1.165) is 25.8 Å². The van der Waals surface area contributed by atoms with Crippen molar-refractivity contribution in [3.8, 4) is 0 Å². The van der Waals surface area contributed by atoms with E-state index in [1.54, 1.807) is 13.0 Å². The zero-order valence-corrected chi connectivity index (χ0v) is 10.8. The highest BCUT2D eigenvalue weighted by Crippen LogP contribution is 2.21. The third kappa shape index (κ3) is 3.29. The van der Waals surface area contributed by atoms with Crippen molar-refractivity contribution in [1.29, 1.82) is 0 Å². The molecule has 102 valence electrons. The molecule has 1 atom stereocenters. The van der Waals surface area contributed by atoms with Crippen LogP contribution >= 0.6 is 0 Å². The maximum atomic E-state index is 12.0. The summed E-state index contributed by atoms with van der Waals surface area (Å²) in [5.41, 5.74) is 1.35. The van der Waals surface area contributed by atoms with Crippen LogP contribution < -0.4 is 10.6 Å². The molecule has 2 rings (SSSR count). The Balaban J connectivity index is 2.06. The molecule has 1 heterocycles. The van der Waals surface area contributed by atoms with E-state index in [0.29, 0.717) is 11.3 Å². The summed E-state index contributed by atoms with van der Waals surface area (Å²) in [5.74, 6) is -0.0725. The lowest BCUT2D eigenvalue weighted by molar-refractivity contribution is -0.384. The summed E-state index contributed by atoms with van der Waals surface area (Å²) in [5, 5.41) is 16.6.